The van der Waals surface area contributed by atoms with Crippen LogP contribution in [0.5, 0.6) is 0 Å². The van der Waals surface area contributed by atoms with E-state index in [-0.39, 0.29) is 6.04 Å². The Morgan fingerprint density at radius 2 is 1.78 bits per heavy atom. The minimum absolute atomic E-state index is 0.247. The molecule has 32 heavy (non-hydrogen) atoms. The Bertz CT molecular complexity index is 1210. The van der Waals surface area contributed by atoms with Gasteiger partial charge in [0.1, 0.15) is 5.82 Å². The molecule has 0 saturated carbocycles. The summed E-state index contributed by atoms with van der Waals surface area (Å²) >= 11 is 0. The number of fused-ring (bicyclic) bond motifs is 1. The molecule has 0 amide bonds. The molecule has 0 radical (unpaired) electrons. The van der Waals surface area contributed by atoms with E-state index in [9.17, 15) is 0 Å². The van der Waals surface area contributed by atoms with E-state index in [2.05, 4.69) is 76.0 Å². The van der Waals surface area contributed by atoms with Gasteiger partial charge in [0.15, 0.2) is 0 Å². The summed E-state index contributed by atoms with van der Waals surface area (Å²) in [5.41, 5.74) is 5.69. The Balaban J connectivity index is 1.54. The van der Waals surface area contributed by atoms with Crippen LogP contribution in [0.15, 0.2) is 60.8 Å². The van der Waals surface area contributed by atoms with Crippen LogP contribution in [-0.2, 0) is 13.1 Å². The van der Waals surface area contributed by atoms with Gasteiger partial charge in [-0.25, -0.2) is 15.0 Å². The van der Waals surface area contributed by atoms with Gasteiger partial charge in [-0.15, -0.1) is 0 Å². The summed E-state index contributed by atoms with van der Waals surface area (Å²) in [6.07, 6.45) is 4.24. The fourth-order valence-electron chi connectivity index (χ4n) is 4.80. The summed E-state index contributed by atoms with van der Waals surface area (Å²) in [6.45, 7) is 4.98. The molecule has 3 heterocycles. The summed E-state index contributed by atoms with van der Waals surface area (Å²) < 4.78 is 2.34. The first kappa shape index (κ1) is 20.6. The lowest BCUT2D eigenvalue weighted by Gasteiger charge is -2.26. The topological polar surface area (TPSA) is 50.1 Å². The molecule has 1 saturated heterocycles. The van der Waals surface area contributed by atoms with Crippen LogP contribution < -0.4 is 4.90 Å². The van der Waals surface area contributed by atoms with E-state index in [0.717, 1.165) is 61.0 Å². The zero-order valence-corrected chi connectivity index (χ0v) is 19.1. The second kappa shape index (κ2) is 8.71. The number of hydrogen-bond acceptors (Lipinski definition) is 5. The molecule has 0 spiro atoms. The Morgan fingerprint density at radius 3 is 2.56 bits per heavy atom. The second-order valence-electron chi connectivity index (χ2n) is 8.62. The highest BCUT2D eigenvalue weighted by Gasteiger charge is 2.31. The molecule has 6 nitrogen and oxygen atoms in total. The molecule has 0 N–H and O–H groups in total. The maximum absolute atomic E-state index is 5.05. The number of benzene rings is 2. The van der Waals surface area contributed by atoms with E-state index in [4.69, 9.17) is 9.97 Å². The van der Waals surface area contributed by atoms with Crippen molar-refractivity contribution in [2.45, 2.75) is 38.9 Å². The molecule has 1 aliphatic rings. The number of hydrogen-bond donors (Lipinski definition) is 0. The number of aromatic nitrogens is 4. The van der Waals surface area contributed by atoms with Crippen molar-refractivity contribution >= 4 is 17.0 Å². The van der Waals surface area contributed by atoms with Gasteiger partial charge in [-0.1, -0.05) is 42.5 Å². The molecule has 1 fully saturated rings. The maximum atomic E-state index is 5.05. The molecule has 2 aromatic heterocycles. The predicted molar refractivity (Wildman–Crippen MR) is 130 cm³/mol. The van der Waals surface area contributed by atoms with Gasteiger partial charge >= 0.3 is 0 Å². The van der Waals surface area contributed by atoms with Gasteiger partial charge in [0, 0.05) is 32.4 Å². The average molecular weight is 427 g/mol. The largest absolute Gasteiger partial charge is 0.347 e. The third-order valence-electron chi connectivity index (χ3n) is 6.36. The highest BCUT2D eigenvalue weighted by atomic mass is 15.3. The lowest BCUT2D eigenvalue weighted by molar-refractivity contribution is 0.236. The van der Waals surface area contributed by atoms with Crippen molar-refractivity contribution in [3.05, 3.63) is 72.3 Å². The molecular weight excluding hydrogens is 396 g/mol. The SMILES string of the molecule is CCn1c(CN2CCC[C@@H]2c2nc(N(C)C)ncc2-c2ccccc2)nc2ccccc21. The van der Waals surface area contributed by atoms with Gasteiger partial charge in [0.25, 0.3) is 0 Å². The van der Waals surface area contributed by atoms with Gasteiger partial charge in [0.05, 0.1) is 29.3 Å². The van der Waals surface area contributed by atoms with Gasteiger partial charge in [0.2, 0.25) is 5.95 Å². The molecule has 1 aliphatic heterocycles. The monoisotopic (exact) mass is 426 g/mol. The predicted octanol–water partition coefficient (Wildman–Crippen LogP) is 4.92. The Hall–Kier alpha value is -3.25. The normalized spacial score (nSPS) is 16.7. The van der Waals surface area contributed by atoms with Crippen LogP contribution in [-0.4, -0.2) is 45.1 Å². The zero-order chi connectivity index (χ0) is 22.1. The van der Waals surface area contributed by atoms with E-state index in [1.54, 1.807) is 0 Å². The van der Waals surface area contributed by atoms with Crippen LogP contribution >= 0.6 is 0 Å². The summed E-state index contributed by atoms with van der Waals surface area (Å²) in [5.74, 6) is 1.89. The lowest BCUT2D eigenvalue weighted by atomic mass is 10.00. The zero-order valence-electron chi connectivity index (χ0n) is 19.1. The van der Waals surface area contributed by atoms with E-state index >= 15 is 0 Å². The van der Waals surface area contributed by atoms with Crippen molar-refractivity contribution in [1.82, 2.24) is 24.4 Å². The Labute approximate surface area is 189 Å². The lowest BCUT2D eigenvalue weighted by Crippen LogP contribution is -2.26. The van der Waals surface area contributed by atoms with Gasteiger partial charge in [-0.05, 0) is 44.0 Å². The number of aryl methyl sites for hydroxylation is 1. The Morgan fingerprint density at radius 1 is 1.00 bits per heavy atom. The first-order chi connectivity index (χ1) is 15.7. The van der Waals surface area contributed by atoms with Crippen molar-refractivity contribution in [2.24, 2.45) is 0 Å². The summed E-state index contributed by atoms with van der Waals surface area (Å²) in [4.78, 5) is 19.2. The number of nitrogens with zero attached hydrogens (tertiary/aromatic N) is 6. The van der Waals surface area contributed by atoms with Gasteiger partial charge < -0.3 is 9.47 Å². The van der Waals surface area contributed by atoms with Crippen molar-refractivity contribution in [2.75, 3.05) is 25.5 Å². The first-order valence-corrected chi connectivity index (χ1v) is 11.4. The standard InChI is InChI=1S/C26H30N6/c1-4-32-22-14-9-8-13-21(22)28-24(32)18-31-16-10-15-23(31)25-20(19-11-6-5-7-12-19)17-27-26(29-25)30(2)3/h5-9,11-14,17,23H,4,10,15-16,18H2,1-3H3/t23-/m1/s1. The molecule has 0 bridgehead atoms. The van der Waals surface area contributed by atoms with E-state index in [1.807, 2.05) is 25.2 Å². The molecule has 1 atom stereocenters. The van der Waals surface area contributed by atoms with E-state index in [0.29, 0.717) is 0 Å². The summed E-state index contributed by atoms with van der Waals surface area (Å²) in [6, 6.07) is 19.2. The first-order valence-electron chi connectivity index (χ1n) is 11.4. The molecule has 6 heteroatoms. The number of imidazole rings is 1. The van der Waals surface area contributed by atoms with E-state index in [1.165, 1.54) is 11.1 Å². The van der Waals surface area contributed by atoms with Crippen molar-refractivity contribution in [3.8, 4) is 11.1 Å². The maximum Gasteiger partial charge on any atom is 0.225 e. The quantitative estimate of drug-likeness (QED) is 0.438. The minimum atomic E-state index is 0.247. The third-order valence-corrected chi connectivity index (χ3v) is 6.36. The highest BCUT2D eigenvalue weighted by molar-refractivity contribution is 5.75. The van der Waals surface area contributed by atoms with Crippen LogP contribution in [0.2, 0.25) is 0 Å². The van der Waals surface area contributed by atoms with E-state index < -0.39 is 0 Å². The molecule has 5 rings (SSSR count). The van der Waals surface area contributed by atoms with Gasteiger partial charge in [-0.2, -0.15) is 0 Å². The molecular formula is C26H30N6. The number of para-hydroxylation sites is 2. The van der Waals surface area contributed by atoms with Gasteiger partial charge in [-0.3, -0.25) is 4.90 Å². The Kier molecular flexibility index (Phi) is 5.62. The molecule has 0 unspecified atom stereocenters. The average Bonchev–Trinajstić information content (AvgIpc) is 3.43. The van der Waals surface area contributed by atoms with Crippen molar-refractivity contribution < 1.29 is 0 Å². The fourth-order valence-corrected chi connectivity index (χ4v) is 4.80. The number of rotatable bonds is 6. The number of likely N-dealkylation sites (tertiary alicyclic amines) is 1. The number of anilines is 1. The third kappa shape index (κ3) is 3.75. The summed E-state index contributed by atoms with van der Waals surface area (Å²) in [5, 5.41) is 0. The highest BCUT2D eigenvalue weighted by Crippen LogP contribution is 2.38. The molecule has 2 aromatic carbocycles. The minimum Gasteiger partial charge on any atom is -0.347 e. The molecule has 0 aliphatic carbocycles. The van der Waals surface area contributed by atoms with Crippen molar-refractivity contribution in [1.29, 1.82) is 0 Å². The fraction of sp³-hybridized carbons (Fsp3) is 0.346. The van der Waals surface area contributed by atoms with Crippen molar-refractivity contribution in [3.63, 3.8) is 0 Å². The van der Waals surface area contributed by atoms with Crippen LogP contribution in [0, 0.1) is 0 Å². The van der Waals surface area contributed by atoms with Crippen LogP contribution in [0.3, 0.4) is 0 Å². The van der Waals surface area contributed by atoms with Crippen LogP contribution in [0.4, 0.5) is 5.95 Å². The van der Waals surface area contributed by atoms with Crippen LogP contribution in [0.25, 0.3) is 22.2 Å². The van der Waals surface area contributed by atoms with Crippen LogP contribution in [0.1, 0.15) is 37.3 Å². The molecule has 4 aromatic rings. The molecule has 164 valence electrons. The second-order valence-corrected chi connectivity index (χ2v) is 8.62. The summed E-state index contributed by atoms with van der Waals surface area (Å²) in [7, 11) is 3.99. The smallest absolute Gasteiger partial charge is 0.225 e.